The number of thiazole rings is 1. The van der Waals surface area contributed by atoms with Gasteiger partial charge in [0.25, 0.3) is 5.91 Å². The first-order valence-electron chi connectivity index (χ1n) is 13.0. The maximum absolute atomic E-state index is 13.7. The quantitative estimate of drug-likeness (QED) is 0.313. The molecule has 1 fully saturated rings. The molecule has 204 valence electrons. The Morgan fingerprint density at radius 1 is 0.949 bits per heavy atom. The topological polar surface area (TPSA) is 108 Å². The highest BCUT2D eigenvalue weighted by molar-refractivity contribution is 7.22. The molecule has 39 heavy (non-hydrogen) atoms. The fourth-order valence-corrected chi connectivity index (χ4v) is 5.96. The van der Waals surface area contributed by atoms with E-state index in [1.165, 1.54) is 14.2 Å². The molecular weight excluding hydrogens is 516 g/mol. The summed E-state index contributed by atoms with van der Waals surface area (Å²) in [5, 5.41) is 23.4. The summed E-state index contributed by atoms with van der Waals surface area (Å²) in [5.41, 5.74) is 2.05. The second-order valence-electron chi connectivity index (χ2n) is 9.37. The molecule has 2 aromatic carbocycles. The second kappa shape index (κ2) is 11.4. The highest BCUT2D eigenvalue weighted by atomic mass is 32.1. The fraction of sp³-hybridized carbons (Fsp3) is 0.345. The number of anilines is 1. The van der Waals surface area contributed by atoms with Crippen LogP contribution in [-0.2, 0) is 6.42 Å². The van der Waals surface area contributed by atoms with E-state index in [9.17, 15) is 15.0 Å². The van der Waals surface area contributed by atoms with Gasteiger partial charge in [0, 0.05) is 26.2 Å². The predicted octanol–water partition coefficient (Wildman–Crippen LogP) is 5.09. The van der Waals surface area contributed by atoms with Crippen molar-refractivity contribution in [1.29, 1.82) is 0 Å². The van der Waals surface area contributed by atoms with Crippen molar-refractivity contribution in [2.24, 2.45) is 0 Å². The first-order valence-corrected chi connectivity index (χ1v) is 13.8. The van der Waals surface area contributed by atoms with Gasteiger partial charge in [-0.05, 0) is 37.1 Å². The number of rotatable bonds is 8. The van der Waals surface area contributed by atoms with Crippen molar-refractivity contribution >= 4 is 32.6 Å². The van der Waals surface area contributed by atoms with Gasteiger partial charge in [-0.25, -0.2) is 9.97 Å². The molecule has 2 aromatic heterocycles. The van der Waals surface area contributed by atoms with Gasteiger partial charge in [-0.15, -0.1) is 0 Å². The van der Waals surface area contributed by atoms with E-state index in [1.807, 2.05) is 24.3 Å². The fourth-order valence-electron chi connectivity index (χ4n) is 4.94. The number of ether oxygens (including phenoxy) is 2. The van der Waals surface area contributed by atoms with Crippen LogP contribution in [0.15, 0.2) is 42.5 Å². The van der Waals surface area contributed by atoms with E-state index in [-0.39, 0.29) is 11.3 Å². The van der Waals surface area contributed by atoms with Crippen LogP contribution in [0.25, 0.3) is 21.3 Å². The molecule has 0 bridgehead atoms. The number of carbonyl (C=O) groups is 1. The summed E-state index contributed by atoms with van der Waals surface area (Å²) in [6, 6.07) is 13.3. The van der Waals surface area contributed by atoms with Crippen molar-refractivity contribution in [2.75, 3.05) is 45.3 Å². The largest absolute Gasteiger partial charge is 0.506 e. The molecule has 0 atom stereocenters. The third kappa shape index (κ3) is 5.04. The van der Waals surface area contributed by atoms with Crippen molar-refractivity contribution in [1.82, 2.24) is 14.9 Å². The van der Waals surface area contributed by atoms with E-state index in [1.54, 1.807) is 34.4 Å². The van der Waals surface area contributed by atoms with E-state index >= 15 is 0 Å². The number of carbonyl (C=O) groups excluding carboxylic acids is 1. The number of para-hydroxylation sites is 1. The molecule has 1 aliphatic rings. The summed E-state index contributed by atoms with van der Waals surface area (Å²) in [5.74, 6) is -0.334. The number of pyridine rings is 1. The number of amides is 1. The van der Waals surface area contributed by atoms with Crippen LogP contribution in [0.3, 0.4) is 0 Å². The van der Waals surface area contributed by atoms with E-state index in [0.29, 0.717) is 60.9 Å². The standard InChI is InChI=1S/C29H32N4O5S/c1-4-5-9-19-23(24-20(37-2)11-8-12-21(24)38-3)26(34)25(27(35)30-19)28(36)32-14-16-33(17-15-32)29-31-18-10-6-7-13-22(18)39-29/h6-8,10-13H,4-5,9,14-17H2,1-3H3,(H2,30,34,35). The number of benzene rings is 2. The number of hydrogen-bond acceptors (Lipinski definition) is 9. The average molecular weight is 549 g/mol. The highest BCUT2D eigenvalue weighted by Crippen LogP contribution is 2.47. The summed E-state index contributed by atoms with van der Waals surface area (Å²) in [6.45, 7) is 4.05. The van der Waals surface area contributed by atoms with Gasteiger partial charge in [0.2, 0.25) is 5.88 Å². The molecule has 1 saturated heterocycles. The maximum Gasteiger partial charge on any atom is 0.263 e. The average Bonchev–Trinajstić information content (AvgIpc) is 3.40. The van der Waals surface area contributed by atoms with Crippen LogP contribution in [0.1, 0.15) is 35.8 Å². The minimum atomic E-state index is -0.477. The van der Waals surface area contributed by atoms with Crippen LogP contribution >= 0.6 is 11.3 Å². The molecule has 0 unspecified atom stereocenters. The third-order valence-electron chi connectivity index (χ3n) is 7.01. The van der Waals surface area contributed by atoms with Gasteiger partial charge in [-0.1, -0.05) is 42.9 Å². The zero-order valence-corrected chi connectivity index (χ0v) is 23.1. The number of methoxy groups -OCH3 is 2. The number of fused-ring (bicyclic) bond motifs is 1. The molecule has 5 rings (SSSR count). The smallest absolute Gasteiger partial charge is 0.263 e. The molecule has 3 heterocycles. The van der Waals surface area contributed by atoms with E-state index in [2.05, 4.69) is 16.8 Å². The van der Waals surface area contributed by atoms with Crippen LogP contribution in [0, 0.1) is 0 Å². The molecule has 0 spiro atoms. The van der Waals surface area contributed by atoms with Gasteiger partial charge in [0.05, 0.1) is 41.3 Å². The summed E-state index contributed by atoms with van der Waals surface area (Å²) < 4.78 is 12.3. The summed E-state index contributed by atoms with van der Waals surface area (Å²) in [6.07, 6.45) is 2.19. The summed E-state index contributed by atoms with van der Waals surface area (Å²) in [7, 11) is 3.07. The number of unbranched alkanes of at least 4 members (excludes halogenated alkanes) is 1. The highest BCUT2D eigenvalue weighted by Gasteiger charge is 2.32. The Kier molecular flexibility index (Phi) is 7.74. The van der Waals surface area contributed by atoms with Gasteiger partial charge in [-0.2, -0.15) is 0 Å². The molecule has 0 saturated carbocycles. The van der Waals surface area contributed by atoms with Gasteiger partial charge >= 0.3 is 0 Å². The molecule has 0 radical (unpaired) electrons. The molecule has 9 nitrogen and oxygen atoms in total. The lowest BCUT2D eigenvalue weighted by Gasteiger charge is -2.34. The Morgan fingerprint density at radius 3 is 2.28 bits per heavy atom. The van der Waals surface area contributed by atoms with E-state index in [0.717, 1.165) is 28.2 Å². The Bertz CT molecular complexity index is 1440. The minimum absolute atomic E-state index is 0.216. The third-order valence-corrected chi connectivity index (χ3v) is 8.10. The SMILES string of the molecule is CCCCc1nc(O)c(C(=O)N2CCN(c3nc4ccccc4s3)CC2)c(O)c1-c1c(OC)cccc1OC. The van der Waals surface area contributed by atoms with Gasteiger partial charge in [-0.3, -0.25) is 4.79 Å². The number of piperazine rings is 1. The summed E-state index contributed by atoms with van der Waals surface area (Å²) in [4.78, 5) is 26.7. The first kappa shape index (κ1) is 26.6. The van der Waals surface area contributed by atoms with Crippen LogP contribution in [0.4, 0.5) is 5.13 Å². The Hall–Kier alpha value is -4.05. The monoisotopic (exact) mass is 548 g/mol. The number of hydrogen-bond donors (Lipinski definition) is 2. The number of aryl methyl sites for hydroxylation is 1. The number of aromatic nitrogens is 2. The second-order valence-corrected chi connectivity index (χ2v) is 10.4. The molecule has 10 heteroatoms. The molecule has 2 N–H and O–H groups in total. The molecule has 1 aliphatic heterocycles. The summed E-state index contributed by atoms with van der Waals surface area (Å²) >= 11 is 1.63. The minimum Gasteiger partial charge on any atom is -0.506 e. The lowest BCUT2D eigenvalue weighted by atomic mass is 9.95. The predicted molar refractivity (Wildman–Crippen MR) is 152 cm³/mol. The Labute approximate surface area is 231 Å². The van der Waals surface area contributed by atoms with Gasteiger partial charge in [0.15, 0.2) is 5.13 Å². The van der Waals surface area contributed by atoms with Crippen LogP contribution in [0.5, 0.6) is 23.1 Å². The first-order chi connectivity index (χ1) is 19.0. The molecule has 0 aliphatic carbocycles. The number of nitrogens with zero attached hydrogens (tertiary/aromatic N) is 4. The molecule has 1 amide bonds. The molecular formula is C29H32N4O5S. The Balaban J connectivity index is 1.48. The van der Waals surface area contributed by atoms with Crippen LogP contribution in [-0.4, -0.2) is 71.4 Å². The van der Waals surface area contributed by atoms with E-state index < -0.39 is 11.8 Å². The molecule has 4 aromatic rings. The van der Waals surface area contributed by atoms with Gasteiger partial charge < -0.3 is 29.5 Å². The van der Waals surface area contributed by atoms with Crippen molar-refractivity contribution in [3.8, 4) is 34.3 Å². The van der Waals surface area contributed by atoms with Crippen molar-refractivity contribution < 1.29 is 24.5 Å². The van der Waals surface area contributed by atoms with Crippen molar-refractivity contribution in [2.45, 2.75) is 26.2 Å². The lowest BCUT2D eigenvalue weighted by Crippen LogP contribution is -2.48. The zero-order valence-electron chi connectivity index (χ0n) is 22.3. The van der Waals surface area contributed by atoms with Gasteiger partial charge in [0.1, 0.15) is 22.8 Å². The lowest BCUT2D eigenvalue weighted by molar-refractivity contribution is 0.0739. The maximum atomic E-state index is 13.7. The Morgan fingerprint density at radius 2 is 1.64 bits per heavy atom. The normalized spacial score (nSPS) is 13.6. The number of aromatic hydroxyl groups is 2. The van der Waals surface area contributed by atoms with E-state index in [4.69, 9.17) is 14.5 Å². The van der Waals surface area contributed by atoms with Crippen LogP contribution in [0.2, 0.25) is 0 Å². The zero-order chi connectivity index (χ0) is 27.5. The van der Waals surface area contributed by atoms with Crippen molar-refractivity contribution in [3.05, 3.63) is 53.7 Å². The van der Waals surface area contributed by atoms with Crippen molar-refractivity contribution in [3.63, 3.8) is 0 Å². The van der Waals surface area contributed by atoms with Crippen LogP contribution < -0.4 is 14.4 Å².